The molecule has 4 nitrogen and oxygen atoms in total. The largest absolute Gasteiger partial charge is 0.489 e. The molecule has 2 aromatic carbocycles. The van der Waals surface area contributed by atoms with E-state index in [1.165, 1.54) is 13.1 Å². The van der Waals surface area contributed by atoms with Gasteiger partial charge in [-0.05, 0) is 42.9 Å². The molecule has 0 saturated carbocycles. The van der Waals surface area contributed by atoms with Crippen molar-refractivity contribution in [1.82, 2.24) is 10.6 Å². The molecule has 0 aliphatic carbocycles. The Kier molecular flexibility index (Phi) is 6.03. The van der Waals surface area contributed by atoms with Crippen molar-refractivity contribution in [3.63, 3.8) is 0 Å². The van der Waals surface area contributed by atoms with Crippen molar-refractivity contribution in [3.8, 4) is 5.75 Å². The standard InChI is InChI=1S/C18H19F3N2O2/c1-22-10-14-9-13(17(24)23-2)6-7-16(14)25-11-12-4-3-5-15(8-12)18(19,20)21/h3-9,22H,10-11H2,1-2H3,(H,23,24). The Morgan fingerprint density at radius 1 is 1.12 bits per heavy atom. The minimum atomic E-state index is -4.39. The Morgan fingerprint density at radius 2 is 1.88 bits per heavy atom. The summed E-state index contributed by atoms with van der Waals surface area (Å²) in [4.78, 5) is 11.7. The third kappa shape index (κ3) is 4.96. The molecule has 0 heterocycles. The van der Waals surface area contributed by atoms with Crippen LogP contribution in [-0.2, 0) is 19.3 Å². The molecule has 0 aliphatic rings. The van der Waals surface area contributed by atoms with Crippen LogP contribution >= 0.6 is 0 Å². The number of hydrogen-bond acceptors (Lipinski definition) is 3. The minimum Gasteiger partial charge on any atom is -0.489 e. The first-order valence-electron chi connectivity index (χ1n) is 7.63. The fourth-order valence-corrected chi connectivity index (χ4v) is 2.33. The zero-order chi connectivity index (χ0) is 18.4. The Labute approximate surface area is 144 Å². The predicted octanol–water partition coefficient (Wildman–Crippen LogP) is 3.36. The number of ether oxygens (including phenoxy) is 1. The van der Waals surface area contributed by atoms with Crippen LogP contribution in [0.25, 0.3) is 0 Å². The molecular weight excluding hydrogens is 333 g/mol. The van der Waals surface area contributed by atoms with Crippen LogP contribution in [0.3, 0.4) is 0 Å². The highest BCUT2D eigenvalue weighted by atomic mass is 19.4. The third-order valence-electron chi connectivity index (χ3n) is 3.57. The zero-order valence-electron chi connectivity index (χ0n) is 13.9. The summed E-state index contributed by atoms with van der Waals surface area (Å²) in [6, 6.07) is 9.96. The molecule has 0 aliphatic heterocycles. The number of hydrogen-bond donors (Lipinski definition) is 2. The number of benzene rings is 2. The number of amides is 1. The Hall–Kier alpha value is -2.54. The predicted molar refractivity (Wildman–Crippen MR) is 88.4 cm³/mol. The monoisotopic (exact) mass is 352 g/mol. The molecule has 0 bridgehead atoms. The maximum absolute atomic E-state index is 12.8. The summed E-state index contributed by atoms with van der Waals surface area (Å²) in [6.45, 7) is 0.461. The molecule has 2 rings (SSSR count). The topological polar surface area (TPSA) is 50.4 Å². The van der Waals surface area contributed by atoms with Crippen LogP contribution in [0, 0.1) is 0 Å². The van der Waals surface area contributed by atoms with Gasteiger partial charge in [-0.2, -0.15) is 13.2 Å². The van der Waals surface area contributed by atoms with Crippen molar-refractivity contribution < 1.29 is 22.7 Å². The van der Waals surface area contributed by atoms with Gasteiger partial charge in [-0.15, -0.1) is 0 Å². The van der Waals surface area contributed by atoms with Crippen molar-refractivity contribution >= 4 is 5.91 Å². The van der Waals surface area contributed by atoms with Crippen LogP contribution < -0.4 is 15.4 Å². The highest BCUT2D eigenvalue weighted by Crippen LogP contribution is 2.30. The van der Waals surface area contributed by atoms with Crippen LogP contribution in [0.2, 0.25) is 0 Å². The molecule has 0 radical (unpaired) electrons. The summed E-state index contributed by atoms with van der Waals surface area (Å²) in [6.07, 6.45) is -4.39. The number of halogens is 3. The van der Waals surface area contributed by atoms with E-state index in [2.05, 4.69) is 10.6 Å². The second-order valence-corrected chi connectivity index (χ2v) is 5.42. The molecule has 2 aromatic rings. The van der Waals surface area contributed by atoms with Gasteiger partial charge in [0.2, 0.25) is 0 Å². The van der Waals surface area contributed by atoms with E-state index in [0.29, 0.717) is 23.4 Å². The maximum Gasteiger partial charge on any atom is 0.416 e. The first-order chi connectivity index (χ1) is 11.8. The molecule has 0 saturated heterocycles. The van der Waals surface area contributed by atoms with E-state index in [-0.39, 0.29) is 12.5 Å². The molecule has 0 aromatic heterocycles. The maximum atomic E-state index is 12.8. The summed E-state index contributed by atoms with van der Waals surface area (Å²) in [5.41, 5.74) is 0.939. The fourth-order valence-electron chi connectivity index (χ4n) is 2.33. The molecule has 25 heavy (non-hydrogen) atoms. The molecule has 0 spiro atoms. The number of nitrogens with one attached hydrogen (secondary N) is 2. The molecule has 0 atom stereocenters. The summed E-state index contributed by atoms with van der Waals surface area (Å²) in [7, 11) is 3.29. The SMILES string of the molecule is CNCc1cc(C(=O)NC)ccc1OCc1cccc(C(F)(F)F)c1. The van der Waals surface area contributed by atoms with Gasteiger partial charge >= 0.3 is 6.18 Å². The van der Waals surface area contributed by atoms with Gasteiger partial charge in [0.15, 0.2) is 0 Å². The van der Waals surface area contributed by atoms with Crippen molar-refractivity contribution in [2.75, 3.05) is 14.1 Å². The minimum absolute atomic E-state index is 0.0000445. The Morgan fingerprint density at radius 3 is 2.52 bits per heavy atom. The summed E-state index contributed by atoms with van der Waals surface area (Å²) in [5, 5.41) is 5.52. The molecule has 0 unspecified atom stereocenters. The van der Waals surface area contributed by atoms with Gasteiger partial charge in [0.1, 0.15) is 12.4 Å². The molecule has 134 valence electrons. The lowest BCUT2D eigenvalue weighted by atomic mass is 10.1. The van der Waals surface area contributed by atoms with Gasteiger partial charge in [-0.3, -0.25) is 4.79 Å². The van der Waals surface area contributed by atoms with E-state index >= 15 is 0 Å². The van der Waals surface area contributed by atoms with Crippen molar-refractivity contribution in [1.29, 1.82) is 0 Å². The van der Waals surface area contributed by atoms with E-state index in [9.17, 15) is 18.0 Å². The van der Waals surface area contributed by atoms with Gasteiger partial charge in [-0.1, -0.05) is 12.1 Å². The molecular formula is C18H19F3N2O2. The number of alkyl halides is 3. The zero-order valence-corrected chi connectivity index (χ0v) is 13.9. The van der Waals surface area contributed by atoms with Crippen molar-refractivity contribution in [3.05, 3.63) is 64.7 Å². The number of rotatable bonds is 6. The van der Waals surface area contributed by atoms with Gasteiger partial charge in [0, 0.05) is 24.7 Å². The average molecular weight is 352 g/mol. The van der Waals surface area contributed by atoms with Crippen molar-refractivity contribution in [2.24, 2.45) is 0 Å². The molecule has 1 amide bonds. The van der Waals surface area contributed by atoms with Gasteiger partial charge < -0.3 is 15.4 Å². The van der Waals surface area contributed by atoms with E-state index in [0.717, 1.165) is 17.7 Å². The van der Waals surface area contributed by atoms with Crippen LogP contribution in [0.1, 0.15) is 27.0 Å². The number of carbonyl (C=O) groups is 1. The Balaban J connectivity index is 2.18. The molecule has 0 fully saturated rings. The summed E-state index contributed by atoms with van der Waals surface area (Å²) >= 11 is 0. The van der Waals surface area contributed by atoms with E-state index in [1.807, 2.05) is 0 Å². The molecule has 7 heteroatoms. The summed E-state index contributed by atoms with van der Waals surface area (Å²) in [5.74, 6) is 0.293. The van der Waals surface area contributed by atoms with Crippen LogP contribution in [0.5, 0.6) is 5.75 Å². The first kappa shape index (κ1) is 18.8. The lowest BCUT2D eigenvalue weighted by Gasteiger charge is -2.14. The normalized spacial score (nSPS) is 11.2. The van der Waals surface area contributed by atoms with Crippen LogP contribution in [-0.4, -0.2) is 20.0 Å². The number of carbonyl (C=O) groups excluding carboxylic acids is 1. The Bertz CT molecular complexity index is 745. The molecule has 2 N–H and O–H groups in total. The highest BCUT2D eigenvalue weighted by Gasteiger charge is 2.30. The van der Waals surface area contributed by atoms with Gasteiger partial charge in [0.05, 0.1) is 5.56 Å². The second kappa shape index (κ2) is 8.02. The summed E-state index contributed by atoms with van der Waals surface area (Å²) < 4.78 is 44.0. The van der Waals surface area contributed by atoms with Crippen molar-refractivity contribution in [2.45, 2.75) is 19.3 Å². The average Bonchev–Trinajstić information content (AvgIpc) is 2.59. The lowest BCUT2D eigenvalue weighted by molar-refractivity contribution is -0.137. The van der Waals surface area contributed by atoms with Gasteiger partial charge in [-0.25, -0.2) is 0 Å². The van der Waals surface area contributed by atoms with E-state index in [4.69, 9.17) is 4.74 Å². The van der Waals surface area contributed by atoms with E-state index in [1.54, 1.807) is 31.3 Å². The third-order valence-corrected chi connectivity index (χ3v) is 3.57. The van der Waals surface area contributed by atoms with Gasteiger partial charge in [0.25, 0.3) is 5.91 Å². The quantitative estimate of drug-likeness (QED) is 0.838. The smallest absolute Gasteiger partial charge is 0.416 e. The fraction of sp³-hybridized carbons (Fsp3) is 0.278. The van der Waals surface area contributed by atoms with Crippen LogP contribution in [0.15, 0.2) is 42.5 Å². The van der Waals surface area contributed by atoms with Crippen LogP contribution in [0.4, 0.5) is 13.2 Å². The first-order valence-corrected chi connectivity index (χ1v) is 7.63. The highest BCUT2D eigenvalue weighted by molar-refractivity contribution is 5.94. The lowest BCUT2D eigenvalue weighted by Crippen LogP contribution is -2.18. The second-order valence-electron chi connectivity index (χ2n) is 5.42. The van der Waals surface area contributed by atoms with E-state index < -0.39 is 11.7 Å².